The van der Waals surface area contributed by atoms with Gasteiger partial charge in [-0.15, -0.1) is 11.3 Å². The van der Waals surface area contributed by atoms with Crippen LogP contribution in [0.25, 0.3) is 21.3 Å². The lowest BCUT2D eigenvalue weighted by Gasteiger charge is -2.22. The van der Waals surface area contributed by atoms with Gasteiger partial charge in [0.25, 0.3) is 5.91 Å². The molecule has 6 nitrogen and oxygen atoms in total. The molecule has 33 heavy (non-hydrogen) atoms. The van der Waals surface area contributed by atoms with Crippen molar-refractivity contribution >= 4 is 45.7 Å². The molecular weight excluding hydrogens is 465 g/mol. The van der Waals surface area contributed by atoms with Gasteiger partial charge in [0.1, 0.15) is 11.5 Å². The second-order valence-electron chi connectivity index (χ2n) is 7.45. The highest BCUT2D eigenvalue weighted by molar-refractivity contribution is 7.15. The second-order valence-corrected chi connectivity index (χ2v) is 9.06. The Morgan fingerprint density at radius 1 is 1.21 bits per heavy atom. The maximum Gasteiger partial charge on any atom is 0.304 e. The number of carbonyl (C=O) groups is 2. The standard InChI is InChI=1S/C24H21ClFN3O3S/c1-14-28-22(23(33-14)21-18(25)7-5-8-19(21)26)24(31)29(13-32-15(2)30)11-10-16-12-27-20-9-4-3-6-17(16)20/h3-9,12,27H,10-11,13H2,1-2H3. The Morgan fingerprint density at radius 2 is 2.00 bits per heavy atom. The van der Waals surface area contributed by atoms with Crippen LogP contribution >= 0.6 is 22.9 Å². The Morgan fingerprint density at radius 3 is 2.76 bits per heavy atom. The predicted molar refractivity (Wildman–Crippen MR) is 127 cm³/mol. The number of aromatic nitrogens is 2. The Balaban J connectivity index is 1.65. The first-order valence-electron chi connectivity index (χ1n) is 10.2. The maximum atomic E-state index is 14.6. The van der Waals surface area contributed by atoms with Gasteiger partial charge in [0.05, 0.1) is 14.9 Å². The van der Waals surface area contributed by atoms with Gasteiger partial charge in [0.15, 0.2) is 6.73 Å². The van der Waals surface area contributed by atoms with Crippen molar-refractivity contribution in [1.82, 2.24) is 14.9 Å². The van der Waals surface area contributed by atoms with Crippen molar-refractivity contribution in [3.63, 3.8) is 0 Å². The summed E-state index contributed by atoms with van der Waals surface area (Å²) in [4.78, 5) is 34.3. The molecule has 0 saturated carbocycles. The van der Waals surface area contributed by atoms with Gasteiger partial charge in [-0.2, -0.15) is 0 Å². The molecule has 2 aromatic heterocycles. The van der Waals surface area contributed by atoms with Crippen LogP contribution in [0.3, 0.4) is 0 Å². The van der Waals surface area contributed by atoms with Crippen LogP contribution in [-0.2, 0) is 16.0 Å². The number of hydrogen-bond donors (Lipinski definition) is 1. The monoisotopic (exact) mass is 485 g/mol. The van der Waals surface area contributed by atoms with Gasteiger partial charge in [-0.3, -0.25) is 9.59 Å². The van der Waals surface area contributed by atoms with E-state index in [4.69, 9.17) is 16.3 Å². The highest BCUT2D eigenvalue weighted by Gasteiger charge is 2.27. The number of carbonyl (C=O) groups excluding carboxylic acids is 2. The first-order valence-corrected chi connectivity index (χ1v) is 11.4. The molecule has 0 atom stereocenters. The summed E-state index contributed by atoms with van der Waals surface area (Å²) in [6.07, 6.45) is 2.42. The zero-order valence-electron chi connectivity index (χ0n) is 18.0. The maximum absolute atomic E-state index is 14.6. The largest absolute Gasteiger partial charge is 0.444 e. The summed E-state index contributed by atoms with van der Waals surface area (Å²) in [5.74, 6) is -1.51. The van der Waals surface area contributed by atoms with Crippen LogP contribution in [-0.4, -0.2) is 40.0 Å². The van der Waals surface area contributed by atoms with Crippen molar-refractivity contribution < 1.29 is 18.7 Å². The van der Waals surface area contributed by atoms with E-state index in [0.29, 0.717) is 16.3 Å². The van der Waals surface area contributed by atoms with Crippen LogP contribution in [0.1, 0.15) is 28.0 Å². The van der Waals surface area contributed by atoms with Gasteiger partial charge in [-0.1, -0.05) is 35.9 Å². The quantitative estimate of drug-likeness (QED) is 0.273. The molecule has 2 heterocycles. The smallest absolute Gasteiger partial charge is 0.304 e. The van der Waals surface area contributed by atoms with E-state index in [1.807, 2.05) is 30.5 Å². The zero-order chi connectivity index (χ0) is 23.5. The van der Waals surface area contributed by atoms with Gasteiger partial charge < -0.3 is 14.6 Å². The Kier molecular flexibility index (Phi) is 6.76. The number of esters is 1. The number of amides is 1. The summed E-state index contributed by atoms with van der Waals surface area (Å²) >= 11 is 7.45. The van der Waals surface area contributed by atoms with Crippen LogP contribution < -0.4 is 0 Å². The summed E-state index contributed by atoms with van der Waals surface area (Å²) in [7, 11) is 0. The summed E-state index contributed by atoms with van der Waals surface area (Å²) in [5.41, 5.74) is 2.24. The molecule has 0 radical (unpaired) electrons. The summed E-state index contributed by atoms with van der Waals surface area (Å²) < 4.78 is 19.8. The molecule has 1 N–H and O–H groups in total. The highest BCUT2D eigenvalue weighted by Crippen LogP contribution is 2.37. The molecule has 2 aromatic carbocycles. The number of benzene rings is 2. The lowest BCUT2D eigenvalue weighted by atomic mass is 10.1. The molecule has 0 aliphatic rings. The van der Waals surface area contributed by atoms with Crippen molar-refractivity contribution in [2.75, 3.05) is 13.3 Å². The average molecular weight is 486 g/mol. The summed E-state index contributed by atoms with van der Waals surface area (Å²) in [6.45, 7) is 3.05. The molecule has 4 rings (SSSR count). The van der Waals surface area contributed by atoms with Gasteiger partial charge in [0, 0.05) is 36.1 Å². The van der Waals surface area contributed by atoms with E-state index in [1.165, 1.54) is 35.3 Å². The van der Waals surface area contributed by atoms with Crippen molar-refractivity contribution in [2.45, 2.75) is 20.3 Å². The minimum Gasteiger partial charge on any atom is -0.444 e. The summed E-state index contributed by atoms with van der Waals surface area (Å²) in [5, 5.41) is 1.84. The average Bonchev–Trinajstić information content (AvgIpc) is 3.36. The molecule has 9 heteroatoms. The first kappa shape index (κ1) is 22.9. The minimum atomic E-state index is -0.537. The molecular formula is C24H21ClFN3O3S. The van der Waals surface area contributed by atoms with Crippen LogP contribution in [0, 0.1) is 12.7 Å². The van der Waals surface area contributed by atoms with E-state index >= 15 is 0 Å². The number of nitrogens with one attached hydrogen (secondary N) is 1. The van der Waals surface area contributed by atoms with E-state index in [9.17, 15) is 14.0 Å². The number of fused-ring (bicyclic) bond motifs is 1. The number of H-pyrrole nitrogens is 1. The molecule has 0 bridgehead atoms. The minimum absolute atomic E-state index is 0.0792. The number of ether oxygens (including phenoxy) is 1. The van der Waals surface area contributed by atoms with Gasteiger partial charge in [0.2, 0.25) is 0 Å². The third-order valence-electron chi connectivity index (χ3n) is 5.16. The molecule has 0 unspecified atom stereocenters. The second kappa shape index (κ2) is 9.72. The van der Waals surface area contributed by atoms with Crippen LogP contribution in [0.5, 0.6) is 0 Å². The molecule has 1 amide bonds. The topological polar surface area (TPSA) is 75.3 Å². The number of hydrogen-bond acceptors (Lipinski definition) is 5. The highest BCUT2D eigenvalue weighted by atomic mass is 35.5. The van der Waals surface area contributed by atoms with Crippen molar-refractivity contribution in [3.8, 4) is 10.4 Å². The normalized spacial score (nSPS) is 11.0. The molecule has 4 aromatic rings. The van der Waals surface area contributed by atoms with Gasteiger partial charge >= 0.3 is 5.97 Å². The van der Waals surface area contributed by atoms with Crippen molar-refractivity contribution in [1.29, 1.82) is 0 Å². The number of para-hydroxylation sites is 1. The Hall–Kier alpha value is -3.23. The Bertz CT molecular complexity index is 1310. The number of aromatic amines is 1. The number of halogens is 2. The van der Waals surface area contributed by atoms with Crippen LogP contribution in [0.2, 0.25) is 5.02 Å². The third kappa shape index (κ3) is 4.91. The van der Waals surface area contributed by atoms with E-state index in [-0.39, 0.29) is 29.6 Å². The van der Waals surface area contributed by atoms with Crippen molar-refractivity contribution in [2.24, 2.45) is 0 Å². The van der Waals surface area contributed by atoms with E-state index in [0.717, 1.165) is 16.5 Å². The van der Waals surface area contributed by atoms with Crippen LogP contribution in [0.15, 0.2) is 48.7 Å². The predicted octanol–water partition coefficient (Wildman–Crippen LogP) is 5.60. The molecule has 0 spiro atoms. The Labute approximate surface area is 199 Å². The van der Waals surface area contributed by atoms with Crippen molar-refractivity contribution in [3.05, 3.63) is 75.8 Å². The fourth-order valence-electron chi connectivity index (χ4n) is 3.59. The van der Waals surface area contributed by atoms with Gasteiger partial charge in [-0.25, -0.2) is 9.37 Å². The molecule has 0 saturated heterocycles. The van der Waals surface area contributed by atoms with Gasteiger partial charge in [-0.05, 0) is 37.1 Å². The summed E-state index contributed by atoms with van der Waals surface area (Å²) in [6, 6.07) is 12.2. The molecule has 170 valence electrons. The fraction of sp³-hybridized carbons (Fsp3) is 0.208. The SMILES string of the molecule is CC(=O)OCN(CCc1c[nH]c2ccccc12)C(=O)c1nc(C)sc1-c1c(F)cccc1Cl. The van der Waals surface area contributed by atoms with Crippen LogP contribution in [0.4, 0.5) is 4.39 Å². The lowest BCUT2D eigenvalue weighted by molar-refractivity contribution is -0.144. The number of rotatable bonds is 7. The number of thiazole rings is 1. The van der Waals surface area contributed by atoms with E-state index in [1.54, 1.807) is 13.0 Å². The fourth-order valence-corrected chi connectivity index (χ4v) is 4.88. The zero-order valence-corrected chi connectivity index (χ0v) is 19.6. The molecule has 0 fully saturated rings. The van der Waals surface area contributed by atoms with E-state index in [2.05, 4.69) is 9.97 Å². The molecule has 0 aliphatic carbocycles. The first-order chi connectivity index (χ1) is 15.8. The van der Waals surface area contributed by atoms with E-state index < -0.39 is 17.7 Å². The number of nitrogens with zero attached hydrogens (tertiary/aromatic N) is 2. The third-order valence-corrected chi connectivity index (χ3v) is 6.47. The molecule has 0 aliphatic heterocycles. The number of aryl methyl sites for hydroxylation is 1. The lowest BCUT2D eigenvalue weighted by Crippen LogP contribution is -2.36.